The highest BCUT2D eigenvalue weighted by Gasteiger charge is 2.27. The van der Waals surface area contributed by atoms with Gasteiger partial charge in [0.2, 0.25) is 11.8 Å². The molecular formula is C19H24N4O2S. The Labute approximate surface area is 157 Å². The topological polar surface area (TPSA) is 81.2 Å². The molecule has 2 aromatic rings. The number of thioether (sulfide) groups is 1. The van der Waals surface area contributed by atoms with Crippen molar-refractivity contribution < 1.29 is 9.59 Å². The minimum absolute atomic E-state index is 0.0240. The van der Waals surface area contributed by atoms with Gasteiger partial charge in [-0.25, -0.2) is 4.98 Å². The molecule has 6 nitrogen and oxygen atoms in total. The van der Waals surface area contributed by atoms with Crippen molar-refractivity contribution >= 4 is 23.6 Å². The Morgan fingerprint density at radius 2 is 2.00 bits per heavy atom. The molecule has 0 aliphatic carbocycles. The number of benzene rings is 1. The summed E-state index contributed by atoms with van der Waals surface area (Å²) in [5.41, 5.74) is 8.81. The third-order valence-corrected chi connectivity index (χ3v) is 5.54. The molecule has 1 atom stereocenters. The number of carbonyl (C=O) groups excluding carboxylic acids is 2. The summed E-state index contributed by atoms with van der Waals surface area (Å²) in [5.74, 6) is -0.223. The lowest BCUT2D eigenvalue weighted by Gasteiger charge is -2.31. The van der Waals surface area contributed by atoms with Crippen molar-refractivity contribution in [3.63, 3.8) is 0 Å². The van der Waals surface area contributed by atoms with E-state index in [0.29, 0.717) is 18.8 Å². The summed E-state index contributed by atoms with van der Waals surface area (Å²) in [6, 6.07) is 6.33. The van der Waals surface area contributed by atoms with Gasteiger partial charge in [-0.1, -0.05) is 17.8 Å². The molecule has 0 bridgehead atoms. The molecule has 1 unspecified atom stereocenters. The second-order valence-corrected chi connectivity index (χ2v) is 7.74. The zero-order valence-corrected chi connectivity index (χ0v) is 16.0. The van der Waals surface area contributed by atoms with Gasteiger partial charge in [-0.05, 0) is 49.9 Å². The third kappa shape index (κ3) is 4.27. The quantitative estimate of drug-likeness (QED) is 0.817. The molecule has 1 aliphatic heterocycles. The van der Waals surface area contributed by atoms with E-state index >= 15 is 0 Å². The normalized spacial score (nSPS) is 17.3. The van der Waals surface area contributed by atoms with Crippen LogP contribution in [0.25, 0.3) is 5.69 Å². The Hall–Kier alpha value is -2.28. The fourth-order valence-corrected chi connectivity index (χ4v) is 4.21. The summed E-state index contributed by atoms with van der Waals surface area (Å²) in [4.78, 5) is 30.1. The molecule has 2 N–H and O–H groups in total. The number of amides is 2. The number of nitrogens with two attached hydrogens (primary N) is 1. The Morgan fingerprint density at radius 3 is 2.69 bits per heavy atom. The first-order valence-corrected chi connectivity index (χ1v) is 9.74. The molecule has 2 amide bonds. The molecule has 1 aromatic carbocycles. The number of likely N-dealkylation sites (tertiary alicyclic amines) is 1. The summed E-state index contributed by atoms with van der Waals surface area (Å²) in [6.07, 6.45) is 5.24. The maximum Gasteiger partial charge on any atom is 0.233 e. The van der Waals surface area contributed by atoms with E-state index in [1.54, 1.807) is 11.1 Å². The van der Waals surface area contributed by atoms with Gasteiger partial charge in [-0.3, -0.25) is 14.2 Å². The fourth-order valence-electron chi connectivity index (χ4n) is 3.34. The zero-order valence-electron chi connectivity index (χ0n) is 15.1. The Balaban J connectivity index is 1.66. The first kappa shape index (κ1) is 18.5. The molecule has 3 rings (SSSR count). The lowest BCUT2D eigenvalue weighted by Crippen LogP contribution is -2.44. The number of aromatic nitrogens is 2. The summed E-state index contributed by atoms with van der Waals surface area (Å²) in [5, 5.41) is 0.784. The van der Waals surface area contributed by atoms with E-state index in [-0.39, 0.29) is 17.7 Å². The Morgan fingerprint density at radius 1 is 1.27 bits per heavy atom. The highest BCUT2D eigenvalue weighted by molar-refractivity contribution is 7.99. The van der Waals surface area contributed by atoms with Crippen molar-refractivity contribution in [1.29, 1.82) is 0 Å². The van der Waals surface area contributed by atoms with Crippen LogP contribution >= 0.6 is 11.8 Å². The number of primary amides is 1. The van der Waals surface area contributed by atoms with E-state index in [2.05, 4.69) is 37.0 Å². The van der Waals surface area contributed by atoms with Crippen LogP contribution in [0, 0.1) is 19.8 Å². The average Bonchev–Trinajstić information content (AvgIpc) is 3.07. The van der Waals surface area contributed by atoms with Gasteiger partial charge in [0.25, 0.3) is 0 Å². The minimum Gasteiger partial charge on any atom is -0.369 e. The molecule has 0 radical (unpaired) electrons. The van der Waals surface area contributed by atoms with Gasteiger partial charge < -0.3 is 10.6 Å². The first-order chi connectivity index (χ1) is 12.4. The molecular weight excluding hydrogens is 348 g/mol. The molecule has 7 heteroatoms. The van der Waals surface area contributed by atoms with Crippen LogP contribution < -0.4 is 5.73 Å². The molecule has 1 fully saturated rings. The van der Waals surface area contributed by atoms with Gasteiger partial charge in [0.05, 0.1) is 11.7 Å². The average molecular weight is 372 g/mol. The van der Waals surface area contributed by atoms with Crippen LogP contribution in [0.2, 0.25) is 0 Å². The second-order valence-electron chi connectivity index (χ2n) is 6.80. The van der Waals surface area contributed by atoms with E-state index in [1.807, 2.05) is 10.8 Å². The highest BCUT2D eigenvalue weighted by atomic mass is 32.2. The number of nitrogens with zero attached hydrogens (tertiary/aromatic N) is 3. The van der Waals surface area contributed by atoms with Gasteiger partial charge in [0.1, 0.15) is 0 Å². The van der Waals surface area contributed by atoms with Gasteiger partial charge in [-0.15, -0.1) is 0 Å². The van der Waals surface area contributed by atoms with Gasteiger partial charge in [0, 0.05) is 31.2 Å². The number of piperidine rings is 1. The fraction of sp³-hybridized carbons (Fsp3) is 0.421. The number of hydrogen-bond acceptors (Lipinski definition) is 4. The summed E-state index contributed by atoms with van der Waals surface area (Å²) in [6.45, 7) is 5.25. The van der Waals surface area contributed by atoms with Crippen molar-refractivity contribution in [3.8, 4) is 5.69 Å². The molecule has 0 spiro atoms. The summed E-state index contributed by atoms with van der Waals surface area (Å²) in [7, 11) is 0. The third-order valence-electron chi connectivity index (χ3n) is 4.59. The Kier molecular flexibility index (Phi) is 5.66. The van der Waals surface area contributed by atoms with E-state index in [1.165, 1.54) is 22.9 Å². The van der Waals surface area contributed by atoms with Crippen LogP contribution in [-0.2, 0) is 9.59 Å². The van der Waals surface area contributed by atoms with Gasteiger partial charge >= 0.3 is 0 Å². The number of rotatable bonds is 5. The van der Waals surface area contributed by atoms with Crippen molar-refractivity contribution in [1.82, 2.24) is 14.5 Å². The van der Waals surface area contributed by atoms with E-state index in [0.717, 1.165) is 23.7 Å². The van der Waals surface area contributed by atoms with Crippen molar-refractivity contribution in [2.24, 2.45) is 11.7 Å². The lowest BCUT2D eigenvalue weighted by atomic mass is 9.97. The molecule has 0 saturated carbocycles. The van der Waals surface area contributed by atoms with E-state index in [4.69, 9.17) is 5.73 Å². The van der Waals surface area contributed by atoms with Crippen molar-refractivity contribution in [2.45, 2.75) is 31.8 Å². The number of hydrogen-bond donors (Lipinski definition) is 1. The molecule has 1 aliphatic rings. The second kappa shape index (κ2) is 7.95. The smallest absolute Gasteiger partial charge is 0.233 e. The van der Waals surface area contributed by atoms with Crippen LogP contribution in [0.1, 0.15) is 24.0 Å². The zero-order chi connectivity index (χ0) is 18.7. The molecule has 1 saturated heterocycles. The molecule has 138 valence electrons. The van der Waals surface area contributed by atoms with Crippen molar-refractivity contribution in [3.05, 3.63) is 41.7 Å². The SMILES string of the molecule is Cc1cc(C)cc(-n2ccnc2SCC(=O)N2CCCC(C(N)=O)C2)c1. The largest absolute Gasteiger partial charge is 0.369 e. The molecule has 1 aromatic heterocycles. The Bertz CT molecular complexity index is 797. The predicted molar refractivity (Wildman–Crippen MR) is 102 cm³/mol. The number of imidazole rings is 1. The van der Waals surface area contributed by atoms with Crippen LogP contribution in [0.3, 0.4) is 0 Å². The van der Waals surface area contributed by atoms with Crippen LogP contribution in [0.4, 0.5) is 0 Å². The highest BCUT2D eigenvalue weighted by Crippen LogP contribution is 2.23. The standard InChI is InChI=1S/C19H24N4O2S/c1-13-8-14(2)10-16(9-13)23-7-5-21-19(23)26-12-17(24)22-6-3-4-15(11-22)18(20)25/h5,7-10,15H,3-4,6,11-12H2,1-2H3,(H2,20,25). The number of carbonyl (C=O) groups is 2. The van der Waals surface area contributed by atoms with Crippen molar-refractivity contribution in [2.75, 3.05) is 18.8 Å². The van der Waals surface area contributed by atoms with Crippen LogP contribution in [0.15, 0.2) is 35.7 Å². The summed E-state index contributed by atoms with van der Waals surface area (Å²) < 4.78 is 2.00. The van der Waals surface area contributed by atoms with Gasteiger partial charge in [-0.2, -0.15) is 0 Å². The van der Waals surface area contributed by atoms with Crippen LogP contribution in [-0.4, -0.2) is 45.1 Å². The molecule has 2 heterocycles. The maximum atomic E-state index is 12.5. The summed E-state index contributed by atoms with van der Waals surface area (Å²) >= 11 is 1.42. The minimum atomic E-state index is -0.319. The monoisotopic (exact) mass is 372 g/mol. The molecule has 26 heavy (non-hydrogen) atoms. The number of aryl methyl sites for hydroxylation is 2. The predicted octanol–water partition coefficient (Wildman–Crippen LogP) is 2.31. The first-order valence-electron chi connectivity index (χ1n) is 8.76. The maximum absolute atomic E-state index is 12.5. The van der Waals surface area contributed by atoms with E-state index in [9.17, 15) is 9.59 Å². The van der Waals surface area contributed by atoms with Crippen LogP contribution in [0.5, 0.6) is 0 Å². The lowest BCUT2D eigenvalue weighted by molar-refractivity contribution is -0.132. The van der Waals surface area contributed by atoms with Gasteiger partial charge in [0.15, 0.2) is 5.16 Å². The van der Waals surface area contributed by atoms with E-state index < -0.39 is 0 Å².